The fourth-order valence-electron chi connectivity index (χ4n) is 3.02. The summed E-state index contributed by atoms with van der Waals surface area (Å²) in [6.45, 7) is 4.12. The number of hydrogen-bond acceptors (Lipinski definition) is 6. The van der Waals surface area contributed by atoms with Crippen molar-refractivity contribution in [3.05, 3.63) is 58.7 Å². The van der Waals surface area contributed by atoms with E-state index in [1.54, 1.807) is 24.3 Å². The molecule has 1 heterocycles. The number of ketones is 1. The highest BCUT2D eigenvalue weighted by Gasteiger charge is 2.22. The Morgan fingerprint density at radius 2 is 1.83 bits per heavy atom. The van der Waals surface area contributed by atoms with E-state index in [1.165, 1.54) is 20.3 Å². The Balaban J connectivity index is 1.96. The summed E-state index contributed by atoms with van der Waals surface area (Å²) >= 11 is 0. The van der Waals surface area contributed by atoms with Crippen LogP contribution in [0.2, 0.25) is 0 Å². The lowest BCUT2D eigenvalue weighted by Crippen LogP contribution is -2.04. The molecule has 0 aromatic heterocycles. The average molecular weight is 396 g/mol. The van der Waals surface area contributed by atoms with E-state index in [2.05, 4.69) is 0 Å². The van der Waals surface area contributed by atoms with Gasteiger partial charge in [-0.25, -0.2) is 0 Å². The molecule has 152 valence electrons. The van der Waals surface area contributed by atoms with Gasteiger partial charge in [0, 0.05) is 11.6 Å². The number of aromatic hydroxyl groups is 1. The second-order valence-corrected chi connectivity index (χ2v) is 6.78. The number of phenols is 1. The highest BCUT2D eigenvalue weighted by molar-refractivity contribution is 6.11. The van der Waals surface area contributed by atoms with Gasteiger partial charge in [0.2, 0.25) is 6.79 Å². The van der Waals surface area contributed by atoms with Gasteiger partial charge in [-0.2, -0.15) is 0 Å². The minimum atomic E-state index is -0.377. The van der Waals surface area contributed by atoms with Crippen LogP contribution in [0.1, 0.15) is 35.3 Å². The first kappa shape index (κ1) is 20.3. The Bertz CT molecular complexity index is 983. The smallest absolute Gasteiger partial charge is 0.231 e. The second kappa shape index (κ2) is 8.73. The van der Waals surface area contributed by atoms with Gasteiger partial charge in [0.05, 0.1) is 14.2 Å². The van der Waals surface area contributed by atoms with Crippen molar-refractivity contribution in [1.82, 2.24) is 0 Å². The summed E-state index contributed by atoms with van der Waals surface area (Å²) in [7, 11) is 2.96. The molecule has 3 rings (SSSR count). The molecule has 0 radical (unpaired) electrons. The minimum absolute atomic E-state index is 0.0995. The Morgan fingerprint density at radius 3 is 2.52 bits per heavy atom. The van der Waals surface area contributed by atoms with Gasteiger partial charge < -0.3 is 24.1 Å². The zero-order chi connectivity index (χ0) is 21.0. The second-order valence-electron chi connectivity index (χ2n) is 6.78. The molecule has 1 N–H and O–H groups in total. The van der Waals surface area contributed by atoms with E-state index < -0.39 is 0 Å². The van der Waals surface area contributed by atoms with Gasteiger partial charge >= 0.3 is 0 Å². The third kappa shape index (κ3) is 4.37. The van der Waals surface area contributed by atoms with Crippen LogP contribution in [0.4, 0.5) is 0 Å². The molecular weight excluding hydrogens is 372 g/mol. The molecule has 0 unspecified atom stereocenters. The van der Waals surface area contributed by atoms with Gasteiger partial charge in [-0.05, 0) is 44.0 Å². The fraction of sp³-hybridized carbons (Fsp3) is 0.261. The van der Waals surface area contributed by atoms with E-state index in [-0.39, 0.29) is 29.6 Å². The van der Waals surface area contributed by atoms with Crippen LogP contribution >= 0.6 is 0 Å². The fourth-order valence-corrected chi connectivity index (χ4v) is 3.02. The lowest BCUT2D eigenvalue weighted by molar-refractivity contribution is 0.104. The molecule has 0 spiro atoms. The summed E-state index contributed by atoms with van der Waals surface area (Å²) in [6.07, 6.45) is 5.45. The van der Waals surface area contributed by atoms with Crippen molar-refractivity contribution in [2.24, 2.45) is 0 Å². The van der Waals surface area contributed by atoms with Crippen molar-refractivity contribution in [2.45, 2.75) is 20.3 Å². The van der Waals surface area contributed by atoms with Crippen LogP contribution in [-0.4, -0.2) is 31.9 Å². The quantitative estimate of drug-likeness (QED) is 0.421. The zero-order valence-electron chi connectivity index (χ0n) is 16.9. The molecule has 2 aromatic carbocycles. The highest BCUT2D eigenvalue weighted by atomic mass is 16.7. The number of fused-ring (bicyclic) bond motifs is 1. The Morgan fingerprint density at radius 1 is 1.10 bits per heavy atom. The summed E-state index contributed by atoms with van der Waals surface area (Å²) in [6, 6.07) is 7.02. The molecule has 0 aliphatic carbocycles. The molecule has 0 saturated heterocycles. The van der Waals surface area contributed by atoms with Crippen LogP contribution in [0.15, 0.2) is 42.0 Å². The van der Waals surface area contributed by atoms with Gasteiger partial charge in [0.1, 0.15) is 22.8 Å². The molecule has 0 amide bonds. The Hall–Kier alpha value is -3.41. The maximum Gasteiger partial charge on any atom is 0.231 e. The van der Waals surface area contributed by atoms with E-state index in [0.717, 1.165) is 11.1 Å². The molecular formula is C23H24O6. The van der Waals surface area contributed by atoms with Gasteiger partial charge in [0.15, 0.2) is 17.3 Å². The van der Waals surface area contributed by atoms with Crippen LogP contribution in [0, 0.1) is 0 Å². The first-order valence-electron chi connectivity index (χ1n) is 9.16. The van der Waals surface area contributed by atoms with E-state index in [4.69, 9.17) is 18.9 Å². The molecule has 1 aliphatic rings. The molecule has 6 heteroatoms. The predicted octanol–water partition coefficient (Wildman–Crippen LogP) is 4.54. The summed E-state index contributed by atoms with van der Waals surface area (Å²) < 4.78 is 21.4. The Kier molecular flexibility index (Phi) is 6.12. The topological polar surface area (TPSA) is 74.2 Å². The molecule has 0 bridgehead atoms. The number of hydrogen-bond donors (Lipinski definition) is 1. The maximum atomic E-state index is 12.9. The van der Waals surface area contributed by atoms with Crippen molar-refractivity contribution < 1.29 is 28.8 Å². The van der Waals surface area contributed by atoms with Crippen LogP contribution in [0.5, 0.6) is 28.7 Å². The lowest BCUT2D eigenvalue weighted by atomic mass is 9.99. The first-order valence-corrected chi connectivity index (χ1v) is 9.16. The van der Waals surface area contributed by atoms with E-state index in [0.29, 0.717) is 29.2 Å². The number of ether oxygens (including phenoxy) is 4. The summed E-state index contributed by atoms with van der Waals surface area (Å²) in [4.78, 5) is 12.9. The molecule has 0 saturated carbocycles. The van der Waals surface area contributed by atoms with Gasteiger partial charge in [-0.3, -0.25) is 4.79 Å². The largest absolute Gasteiger partial charge is 0.507 e. The third-order valence-electron chi connectivity index (χ3n) is 4.55. The van der Waals surface area contributed by atoms with E-state index in [9.17, 15) is 9.90 Å². The zero-order valence-corrected chi connectivity index (χ0v) is 16.9. The van der Waals surface area contributed by atoms with Crippen LogP contribution in [0.3, 0.4) is 0 Å². The van der Waals surface area contributed by atoms with Crippen molar-refractivity contribution in [1.29, 1.82) is 0 Å². The van der Waals surface area contributed by atoms with Crippen LogP contribution < -0.4 is 18.9 Å². The molecule has 0 atom stereocenters. The normalized spacial score (nSPS) is 12.1. The molecule has 0 fully saturated rings. The number of rotatable bonds is 7. The summed E-state index contributed by atoms with van der Waals surface area (Å²) in [5.41, 5.74) is 2.51. The number of allylic oxidation sites excluding steroid dienone is 3. The molecule has 6 nitrogen and oxygen atoms in total. The third-order valence-corrected chi connectivity index (χ3v) is 4.55. The minimum Gasteiger partial charge on any atom is -0.507 e. The standard InChI is InChI=1S/C23H24O6/c1-14(2)5-8-16-19(26-3)12-21(27-4)22(23(16)25)17(24)9-6-15-7-10-18-20(11-15)29-13-28-18/h5-7,9-12,25H,8,13H2,1-4H3/b9-6+. The number of carbonyl (C=O) groups is 1. The number of methoxy groups -OCH3 is 2. The summed E-state index contributed by atoms with van der Waals surface area (Å²) in [5, 5.41) is 10.8. The van der Waals surface area contributed by atoms with Gasteiger partial charge in [-0.15, -0.1) is 0 Å². The first-order chi connectivity index (χ1) is 13.9. The van der Waals surface area contributed by atoms with Crippen molar-refractivity contribution in [2.75, 3.05) is 21.0 Å². The van der Waals surface area contributed by atoms with Gasteiger partial charge in [0.25, 0.3) is 0 Å². The number of phenolic OH excluding ortho intramolecular Hbond substituents is 1. The SMILES string of the molecule is COc1cc(OC)c(C(=O)/C=C/c2ccc3c(c2)OCO3)c(O)c1CC=C(C)C. The van der Waals surface area contributed by atoms with Gasteiger partial charge in [-0.1, -0.05) is 23.8 Å². The van der Waals surface area contributed by atoms with E-state index >= 15 is 0 Å². The highest BCUT2D eigenvalue weighted by Crippen LogP contribution is 2.40. The molecule has 29 heavy (non-hydrogen) atoms. The van der Waals surface area contributed by atoms with Crippen molar-refractivity contribution in [3.63, 3.8) is 0 Å². The lowest BCUT2D eigenvalue weighted by Gasteiger charge is -2.15. The predicted molar refractivity (Wildman–Crippen MR) is 110 cm³/mol. The van der Waals surface area contributed by atoms with Crippen LogP contribution in [-0.2, 0) is 6.42 Å². The Labute approximate surface area is 170 Å². The van der Waals surface area contributed by atoms with E-state index in [1.807, 2.05) is 26.0 Å². The maximum absolute atomic E-state index is 12.9. The van der Waals surface area contributed by atoms with Crippen molar-refractivity contribution >= 4 is 11.9 Å². The summed E-state index contributed by atoms with van der Waals surface area (Å²) in [5.74, 6) is 1.51. The van der Waals surface area contributed by atoms with Crippen LogP contribution in [0.25, 0.3) is 6.08 Å². The number of carbonyl (C=O) groups excluding carboxylic acids is 1. The van der Waals surface area contributed by atoms with Crippen molar-refractivity contribution in [3.8, 4) is 28.7 Å². The molecule has 2 aromatic rings. The average Bonchev–Trinajstić information content (AvgIpc) is 3.18. The monoisotopic (exact) mass is 396 g/mol. The molecule has 1 aliphatic heterocycles. The number of benzene rings is 2.